The molecule has 0 saturated heterocycles. The number of hydrogen-bond acceptors (Lipinski definition) is 6. The van der Waals surface area contributed by atoms with Gasteiger partial charge in [-0.3, -0.25) is 0 Å². The molecule has 0 amide bonds. The summed E-state index contributed by atoms with van der Waals surface area (Å²) in [4.78, 5) is 0. The summed E-state index contributed by atoms with van der Waals surface area (Å²) in [5.41, 5.74) is 6.60. The lowest BCUT2D eigenvalue weighted by Gasteiger charge is -2.28. The number of methoxy groups -OCH3 is 2. The van der Waals surface area contributed by atoms with Crippen LogP contribution in [0.15, 0.2) is 36.4 Å². The van der Waals surface area contributed by atoms with E-state index >= 15 is 0 Å². The van der Waals surface area contributed by atoms with Gasteiger partial charge in [-0.25, -0.2) is 0 Å². The van der Waals surface area contributed by atoms with Crippen molar-refractivity contribution in [3.63, 3.8) is 0 Å². The topological polar surface area (TPSA) is 88.4 Å². The first-order valence-electron chi connectivity index (χ1n) is 10.8. The van der Waals surface area contributed by atoms with Gasteiger partial charge in [0.25, 0.3) is 0 Å². The van der Waals surface area contributed by atoms with E-state index in [0.29, 0.717) is 29.2 Å². The highest BCUT2D eigenvalue weighted by Crippen LogP contribution is 2.48. The molecule has 4 rings (SSSR count). The van der Waals surface area contributed by atoms with Gasteiger partial charge in [-0.15, -0.1) is 0 Å². The number of phenols is 3. The van der Waals surface area contributed by atoms with Crippen LogP contribution in [0.3, 0.4) is 0 Å². The largest absolute Gasteiger partial charge is 0.508 e. The molecule has 0 radical (unpaired) electrons. The molecule has 6 nitrogen and oxygen atoms in total. The normalized spacial score (nSPS) is 12.9. The third-order valence-corrected chi connectivity index (χ3v) is 6.19. The van der Waals surface area contributed by atoms with Crippen molar-refractivity contribution in [3.8, 4) is 34.5 Å². The van der Waals surface area contributed by atoms with Crippen molar-refractivity contribution in [1.29, 1.82) is 0 Å². The van der Waals surface area contributed by atoms with Crippen LogP contribution in [0.5, 0.6) is 34.5 Å². The van der Waals surface area contributed by atoms with Crippen molar-refractivity contribution in [1.82, 2.24) is 0 Å². The predicted molar refractivity (Wildman–Crippen MR) is 128 cm³/mol. The van der Waals surface area contributed by atoms with Gasteiger partial charge in [0, 0.05) is 16.7 Å². The fourth-order valence-electron chi connectivity index (χ4n) is 4.31. The molecule has 0 spiro atoms. The van der Waals surface area contributed by atoms with Gasteiger partial charge < -0.3 is 29.5 Å². The Morgan fingerprint density at radius 1 is 0.879 bits per heavy atom. The quantitative estimate of drug-likeness (QED) is 0.488. The molecule has 0 fully saturated rings. The lowest BCUT2D eigenvalue weighted by Crippen LogP contribution is -2.14. The zero-order valence-electron chi connectivity index (χ0n) is 19.4. The molecule has 172 valence electrons. The number of aryl methyl sites for hydroxylation is 2. The van der Waals surface area contributed by atoms with Crippen LogP contribution >= 0.6 is 0 Å². The van der Waals surface area contributed by atoms with Crippen LogP contribution in [0.4, 0.5) is 0 Å². The zero-order chi connectivity index (χ0) is 23.9. The molecule has 3 N–H and O–H groups in total. The summed E-state index contributed by atoms with van der Waals surface area (Å²) < 4.78 is 16.9. The Kier molecular flexibility index (Phi) is 5.85. The molecule has 1 aliphatic rings. The maximum absolute atomic E-state index is 10.7. The van der Waals surface area contributed by atoms with Gasteiger partial charge >= 0.3 is 0 Å². The first-order valence-corrected chi connectivity index (χ1v) is 10.8. The molecule has 0 atom stereocenters. The lowest BCUT2D eigenvalue weighted by molar-refractivity contribution is 0.339. The van der Waals surface area contributed by atoms with Gasteiger partial charge in [0.05, 0.1) is 14.2 Å². The van der Waals surface area contributed by atoms with Gasteiger partial charge in [0.1, 0.15) is 23.9 Å². The van der Waals surface area contributed by atoms with E-state index in [4.69, 9.17) is 14.2 Å². The summed E-state index contributed by atoms with van der Waals surface area (Å²) in [6, 6.07) is 10.9. The molecule has 0 aromatic heterocycles. The van der Waals surface area contributed by atoms with Crippen LogP contribution in [-0.2, 0) is 6.42 Å². The lowest BCUT2D eigenvalue weighted by atomic mass is 9.85. The van der Waals surface area contributed by atoms with Gasteiger partial charge in [0.15, 0.2) is 11.5 Å². The fourth-order valence-corrected chi connectivity index (χ4v) is 4.31. The van der Waals surface area contributed by atoms with E-state index in [1.165, 1.54) is 14.2 Å². The highest BCUT2D eigenvalue weighted by molar-refractivity contribution is 6.03. The van der Waals surface area contributed by atoms with Crippen LogP contribution in [-0.4, -0.2) is 36.1 Å². The molecule has 0 saturated carbocycles. The average Bonchev–Trinajstić information content (AvgIpc) is 2.82. The number of benzene rings is 3. The second kappa shape index (κ2) is 8.62. The standard InChI is InChI=1S/C27H28O6/c1-6-16-10-19-24(17-7-8-21(28)14(2)9-17)20(13-33-27(19)15(3)25(16)29)18-11-22(31-4)26(30)23(12-18)32-5/h7-12,28-30H,6,13H2,1-5H3. The smallest absolute Gasteiger partial charge is 0.200 e. The minimum Gasteiger partial charge on any atom is -0.508 e. The predicted octanol–water partition coefficient (Wildman–Crippen LogP) is 5.35. The van der Waals surface area contributed by atoms with Crippen molar-refractivity contribution < 1.29 is 29.5 Å². The van der Waals surface area contributed by atoms with E-state index in [2.05, 4.69) is 0 Å². The highest BCUT2D eigenvalue weighted by Gasteiger charge is 2.28. The SMILES string of the molecule is CCc1cc2c(c(C)c1O)OCC(c1cc(OC)c(O)c(OC)c1)=C2c1ccc(O)c(C)c1. The number of fused-ring (bicyclic) bond motifs is 1. The van der Waals surface area contributed by atoms with Crippen LogP contribution in [0.2, 0.25) is 0 Å². The van der Waals surface area contributed by atoms with Crippen molar-refractivity contribution in [3.05, 3.63) is 69.8 Å². The van der Waals surface area contributed by atoms with E-state index < -0.39 is 0 Å². The van der Waals surface area contributed by atoms with E-state index in [1.54, 1.807) is 18.2 Å². The van der Waals surface area contributed by atoms with Gasteiger partial charge in [-0.1, -0.05) is 13.0 Å². The van der Waals surface area contributed by atoms with Gasteiger partial charge in [-0.2, -0.15) is 0 Å². The molecule has 1 aliphatic heterocycles. The third-order valence-electron chi connectivity index (χ3n) is 6.19. The highest BCUT2D eigenvalue weighted by atomic mass is 16.5. The Bertz CT molecular complexity index is 1250. The molecule has 0 aliphatic carbocycles. The molecule has 3 aromatic carbocycles. The Morgan fingerprint density at radius 3 is 2.12 bits per heavy atom. The molecular formula is C27H28O6. The molecule has 33 heavy (non-hydrogen) atoms. The minimum absolute atomic E-state index is 0.0717. The second-order valence-electron chi connectivity index (χ2n) is 8.11. The van der Waals surface area contributed by atoms with Crippen LogP contribution in [0, 0.1) is 13.8 Å². The molecule has 1 heterocycles. The van der Waals surface area contributed by atoms with E-state index in [-0.39, 0.29) is 23.9 Å². The molecule has 0 unspecified atom stereocenters. The Labute approximate surface area is 193 Å². The molecule has 6 heteroatoms. The first kappa shape index (κ1) is 22.4. The summed E-state index contributed by atoms with van der Waals surface area (Å²) in [5.74, 6) is 1.61. The van der Waals surface area contributed by atoms with E-state index in [9.17, 15) is 15.3 Å². The van der Waals surface area contributed by atoms with Crippen LogP contribution in [0.1, 0.15) is 40.3 Å². The maximum atomic E-state index is 10.7. The summed E-state index contributed by atoms with van der Waals surface area (Å²) in [6.07, 6.45) is 0.665. The van der Waals surface area contributed by atoms with Crippen molar-refractivity contribution in [2.45, 2.75) is 27.2 Å². The van der Waals surface area contributed by atoms with Gasteiger partial charge in [-0.05, 0) is 78.4 Å². The van der Waals surface area contributed by atoms with Gasteiger partial charge in [0.2, 0.25) is 5.75 Å². The number of rotatable bonds is 5. The number of ether oxygens (including phenoxy) is 3. The van der Waals surface area contributed by atoms with Crippen LogP contribution < -0.4 is 14.2 Å². The molecular weight excluding hydrogens is 420 g/mol. The van der Waals surface area contributed by atoms with Crippen molar-refractivity contribution >= 4 is 11.1 Å². The fraction of sp³-hybridized carbons (Fsp3) is 0.259. The van der Waals surface area contributed by atoms with E-state index in [1.807, 2.05) is 39.0 Å². The number of hydrogen-bond donors (Lipinski definition) is 3. The number of aromatic hydroxyl groups is 3. The van der Waals surface area contributed by atoms with Crippen molar-refractivity contribution in [2.75, 3.05) is 20.8 Å². The molecule has 3 aromatic rings. The first-order chi connectivity index (χ1) is 15.8. The summed E-state index contributed by atoms with van der Waals surface area (Å²) >= 11 is 0. The third kappa shape index (κ3) is 3.71. The summed E-state index contributed by atoms with van der Waals surface area (Å²) in [6.45, 7) is 5.94. The van der Waals surface area contributed by atoms with E-state index in [0.717, 1.165) is 39.0 Å². The van der Waals surface area contributed by atoms with Crippen LogP contribution in [0.25, 0.3) is 11.1 Å². The second-order valence-corrected chi connectivity index (χ2v) is 8.11. The Hall–Kier alpha value is -3.80. The Morgan fingerprint density at radius 2 is 1.55 bits per heavy atom. The summed E-state index contributed by atoms with van der Waals surface area (Å²) in [5, 5.41) is 31.2. The number of phenolic OH excluding ortho intramolecular Hbond substituents is 3. The zero-order valence-corrected chi connectivity index (χ0v) is 19.4. The summed E-state index contributed by atoms with van der Waals surface area (Å²) in [7, 11) is 2.98. The maximum Gasteiger partial charge on any atom is 0.200 e. The molecule has 0 bridgehead atoms. The van der Waals surface area contributed by atoms with Crippen molar-refractivity contribution in [2.24, 2.45) is 0 Å². The Balaban J connectivity index is 2.09. The minimum atomic E-state index is -0.0717. The monoisotopic (exact) mass is 448 g/mol. The average molecular weight is 449 g/mol.